The number of rotatable bonds is 4. The van der Waals surface area contributed by atoms with Gasteiger partial charge in [-0.2, -0.15) is 0 Å². The Bertz CT molecular complexity index is 342. The molecule has 1 atom stereocenters. The minimum Gasteiger partial charge on any atom is -0.330 e. The molecule has 0 fully saturated rings. The molecule has 84 valence electrons. The lowest BCUT2D eigenvalue weighted by atomic mass is 10.0. The summed E-state index contributed by atoms with van der Waals surface area (Å²) in [6.07, 6.45) is 1.05. The molecule has 4 N–H and O–H groups in total. The molecule has 0 aromatic heterocycles. The first-order valence-electron chi connectivity index (χ1n) is 4.67. The van der Waals surface area contributed by atoms with Gasteiger partial charge in [-0.3, -0.25) is 0 Å². The summed E-state index contributed by atoms with van der Waals surface area (Å²) in [6.45, 7) is 0.430. The third-order valence-corrected chi connectivity index (χ3v) is 2.18. The van der Waals surface area contributed by atoms with E-state index in [2.05, 4.69) is 0 Å². The van der Waals surface area contributed by atoms with E-state index in [4.69, 9.17) is 11.5 Å². The number of benzene rings is 1. The Balaban J connectivity index is 2.90. The van der Waals surface area contributed by atoms with Gasteiger partial charge in [0.2, 0.25) is 0 Å². The third-order valence-electron chi connectivity index (χ3n) is 2.18. The van der Waals surface area contributed by atoms with Gasteiger partial charge in [-0.1, -0.05) is 6.07 Å². The molecule has 0 aliphatic rings. The van der Waals surface area contributed by atoms with Crippen molar-refractivity contribution in [2.45, 2.75) is 18.9 Å². The Morgan fingerprint density at radius 3 is 2.40 bits per heavy atom. The highest BCUT2D eigenvalue weighted by molar-refractivity contribution is 5.23. The first-order chi connectivity index (χ1) is 7.07. The van der Waals surface area contributed by atoms with Gasteiger partial charge < -0.3 is 11.5 Å². The van der Waals surface area contributed by atoms with Crippen LogP contribution in [0.2, 0.25) is 0 Å². The molecule has 15 heavy (non-hydrogen) atoms. The standard InChI is InChI=1S/C10H13F3N2/c11-7-4-3-6(9(12)10(7)13)8(15)2-1-5-14/h3-4,8H,1-2,5,14-15H2/t8-/m0/s1. The number of nitrogens with two attached hydrogens (primary N) is 2. The van der Waals surface area contributed by atoms with Crippen LogP contribution in [0.1, 0.15) is 24.4 Å². The molecule has 1 rings (SSSR count). The maximum atomic E-state index is 13.2. The van der Waals surface area contributed by atoms with E-state index in [1.54, 1.807) is 0 Å². The fourth-order valence-electron chi connectivity index (χ4n) is 1.32. The van der Waals surface area contributed by atoms with Gasteiger partial charge in [-0.15, -0.1) is 0 Å². The largest absolute Gasteiger partial charge is 0.330 e. The van der Waals surface area contributed by atoms with E-state index in [1.165, 1.54) is 0 Å². The average molecular weight is 218 g/mol. The van der Waals surface area contributed by atoms with Gasteiger partial charge in [-0.25, -0.2) is 13.2 Å². The molecular formula is C10H13F3N2. The van der Waals surface area contributed by atoms with E-state index in [0.717, 1.165) is 12.1 Å². The van der Waals surface area contributed by atoms with Gasteiger partial charge in [0.25, 0.3) is 0 Å². The van der Waals surface area contributed by atoms with Gasteiger partial charge in [0, 0.05) is 11.6 Å². The quantitative estimate of drug-likeness (QED) is 0.757. The zero-order valence-corrected chi connectivity index (χ0v) is 8.14. The predicted molar refractivity (Wildman–Crippen MR) is 51.5 cm³/mol. The summed E-state index contributed by atoms with van der Waals surface area (Å²) in [5.74, 6) is -3.89. The summed E-state index contributed by atoms with van der Waals surface area (Å²) in [4.78, 5) is 0. The van der Waals surface area contributed by atoms with Crippen molar-refractivity contribution in [1.29, 1.82) is 0 Å². The van der Waals surface area contributed by atoms with Crippen molar-refractivity contribution in [3.63, 3.8) is 0 Å². The normalized spacial score (nSPS) is 12.9. The Kier molecular flexibility index (Phi) is 4.11. The first kappa shape index (κ1) is 12.0. The smallest absolute Gasteiger partial charge is 0.194 e. The molecule has 0 unspecified atom stereocenters. The predicted octanol–water partition coefficient (Wildman–Crippen LogP) is 1.84. The Labute approximate surface area is 86.1 Å². The van der Waals surface area contributed by atoms with E-state index >= 15 is 0 Å². The molecule has 0 aliphatic heterocycles. The highest BCUT2D eigenvalue weighted by atomic mass is 19.2. The lowest BCUT2D eigenvalue weighted by molar-refractivity contribution is 0.432. The topological polar surface area (TPSA) is 52.0 Å². The van der Waals surface area contributed by atoms with Crippen LogP contribution in [-0.2, 0) is 0 Å². The van der Waals surface area contributed by atoms with Crippen molar-refractivity contribution in [3.8, 4) is 0 Å². The second-order valence-electron chi connectivity index (χ2n) is 3.30. The molecule has 0 amide bonds. The summed E-state index contributed by atoms with van der Waals surface area (Å²) >= 11 is 0. The monoisotopic (exact) mass is 218 g/mol. The molecule has 0 bridgehead atoms. The van der Waals surface area contributed by atoms with E-state index in [0.29, 0.717) is 19.4 Å². The van der Waals surface area contributed by atoms with Crippen LogP contribution in [0.5, 0.6) is 0 Å². The Morgan fingerprint density at radius 2 is 1.80 bits per heavy atom. The van der Waals surface area contributed by atoms with Crippen molar-refractivity contribution in [2.75, 3.05) is 6.54 Å². The van der Waals surface area contributed by atoms with Gasteiger partial charge in [-0.05, 0) is 25.5 Å². The molecule has 0 aliphatic carbocycles. The van der Waals surface area contributed by atoms with Crippen molar-refractivity contribution in [2.24, 2.45) is 11.5 Å². The van der Waals surface area contributed by atoms with Crippen molar-refractivity contribution < 1.29 is 13.2 Å². The van der Waals surface area contributed by atoms with Gasteiger partial charge in [0.05, 0.1) is 0 Å². The van der Waals surface area contributed by atoms with Crippen LogP contribution >= 0.6 is 0 Å². The fourth-order valence-corrected chi connectivity index (χ4v) is 1.32. The van der Waals surface area contributed by atoms with Crippen molar-refractivity contribution >= 4 is 0 Å². The van der Waals surface area contributed by atoms with Crippen molar-refractivity contribution in [3.05, 3.63) is 35.1 Å². The molecule has 0 heterocycles. The minimum atomic E-state index is -1.48. The van der Waals surface area contributed by atoms with E-state index < -0.39 is 23.5 Å². The molecule has 0 spiro atoms. The SMILES string of the molecule is NCCC[C@H](N)c1ccc(F)c(F)c1F. The van der Waals surface area contributed by atoms with Crippen LogP contribution in [-0.4, -0.2) is 6.54 Å². The first-order valence-corrected chi connectivity index (χ1v) is 4.67. The molecule has 0 saturated carbocycles. The van der Waals surface area contributed by atoms with Crippen molar-refractivity contribution in [1.82, 2.24) is 0 Å². The Hall–Kier alpha value is -1.07. The van der Waals surface area contributed by atoms with E-state index in [9.17, 15) is 13.2 Å². The van der Waals surface area contributed by atoms with Crippen LogP contribution in [0.25, 0.3) is 0 Å². The minimum absolute atomic E-state index is 0.0117. The maximum Gasteiger partial charge on any atom is 0.194 e. The van der Waals surface area contributed by atoms with Crippen LogP contribution in [0, 0.1) is 17.5 Å². The lowest BCUT2D eigenvalue weighted by Crippen LogP contribution is -2.15. The molecule has 2 nitrogen and oxygen atoms in total. The third kappa shape index (κ3) is 2.70. The number of hydrogen-bond acceptors (Lipinski definition) is 2. The van der Waals surface area contributed by atoms with E-state index in [1.807, 2.05) is 0 Å². The maximum absolute atomic E-state index is 13.2. The molecule has 1 aromatic rings. The van der Waals surface area contributed by atoms with E-state index in [-0.39, 0.29) is 5.56 Å². The summed E-state index contributed by atoms with van der Waals surface area (Å²) in [5, 5.41) is 0. The second kappa shape index (κ2) is 5.14. The fraction of sp³-hybridized carbons (Fsp3) is 0.400. The second-order valence-corrected chi connectivity index (χ2v) is 3.30. The van der Waals surface area contributed by atoms with Gasteiger partial charge in [0.15, 0.2) is 17.5 Å². The summed E-state index contributed by atoms with van der Waals surface area (Å²) < 4.78 is 38.7. The van der Waals surface area contributed by atoms with Crippen LogP contribution in [0.4, 0.5) is 13.2 Å². The van der Waals surface area contributed by atoms with Crippen LogP contribution in [0.15, 0.2) is 12.1 Å². The summed E-state index contributed by atoms with van der Waals surface area (Å²) in [6, 6.07) is 1.38. The van der Waals surface area contributed by atoms with Crippen LogP contribution < -0.4 is 11.5 Å². The molecule has 1 aromatic carbocycles. The average Bonchev–Trinajstić information content (AvgIpc) is 2.23. The molecule has 5 heteroatoms. The molecular weight excluding hydrogens is 205 g/mol. The van der Waals surface area contributed by atoms with Gasteiger partial charge in [0.1, 0.15) is 0 Å². The molecule has 0 radical (unpaired) electrons. The van der Waals surface area contributed by atoms with Crippen LogP contribution in [0.3, 0.4) is 0 Å². The zero-order chi connectivity index (χ0) is 11.4. The highest BCUT2D eigenvalue weighted by Crippen LogP contribution is 2.22. The summed E-state index contributed by atoms with van der Waals surface area (Å²) in [5.41, 5.74) is 10.9. The molecule has 0 saturated heterocycles. The highest BCUT2D eigenvalue weighted by Gasteiger charge is 2.17. The number of halogens is 3. The van der Waals surface area contributed by atoms with Gasteiger partial charge >= 0.3 is 0 Å². The Morgan fingerprint density at radius 1 is 1.13 bits per heavy atom. The lowest BCUT2D eigenvalue weighted by Gasteiger charge is -2.12. The summed E-state index contributed by atoms with van der Waals surface area (Å²) in [7, 11) is 0. The zero-order valence-electron chi connectivity index (χ0n) is 8.14. The number of hydrogen-bond donors (Lipinski definition) is 2.